The van der Waals surface area contributed by atoms with Crippen LogP contribution in [0, 0.1) is 12.8 Å². The highest BCUT2D eigenvalue weighted by atomic mass is 32.2. The van der Waals surface area contributed by atoms with Crippen LogP contribution in [0.25, 0.3) is 0 Å². The Balaban J connectivity index is 2.44. The van der Waals surface area contributed by atoms with Crippen molar-refractivity contribution in [3.63, 3.8) is 0 Å². The van der Waals surface area contributed by atoms with Crippen molar-refractivity contribution < 1.29 is 22.7 Å². The average Bonchev–Trinajstić information content (AvgIpc) is 2.81. The van der Waals surface area contributed by atoms with Crippen LogP contribution in [-0.2, 0) is 26.2 Å². The number of hydrogen-bond acceptors (Lipinski definition) is 5. The number of hydrogen-bond donors (Lipinski definition) is 1. The van der Waals surface area contributed by atoms with Crippen LogP contribution in [0.3, 0.4) is 0 Å². The van der Waals surface area contributed by atoms with Gasteiger partial charge in [0.15, 0.2) is 0 Å². The molecule has 0 fully saturated rings. The van der Waals surface area contributed by atoms with Gasteiger partial charge in [-0.05, 0) is 37.0 Å². The zero-order chi connectivity index (χ0) is 26.2. The van der Waals surface area contributed by atoms with E-state index in [0.717, 1.165) is 21.7 Å². The van der Waals surface area contributed by atoms with Crippen LogP contribution in [0.4, 0.5) is 5.69 Å². The molecular formula is C26H37N3O5S. The number of amides is 2. The maximum atomic E-state index is 13.7. The van der Waals surface area contributed by atoms with E-state index in [1.807, 2.05) is 52.0 Å². The molecule has 1 atom stereocenters. The molecule has 35 heavy (non-hydrogen) atoms. The Labute approximate surface area is 209 Å². The SMILES string of the molecule is CC[C@H](C(=O)NCC(C)C)N(Cc1ccc(C)cc1)C(=O)CN(c1ccccc1OC)S(C)(=O)=O. The van der Waals surface area contributed by atoms with Crippen LogP contribution in [0.2, 0.25) is 0 Å². The van der Waals surface area contributed by atoms with E-state index in [-0.39, 0.29) is 24.1 Å². The lowest BCUT2D eigenvalue weighted by Crippen LogP contribution is -2.52. The number of benzene rings is 2. The van der Waals surface area contributed by atoms with E-state index < -0.39 is 28.5 Å². The van der Waals surface area contributed by atoms with E-state index in [0.29, 0.717) is 18.7 Å². The van der Waals surface area contributed by atoms with Crippen molar-refractivity contribution >= 4 is 27.5 Å². The summed E-state index contributed by atoms with van der Waals surface area (Å²) in [5.41, 5.74) is 2.19. The van der Waals surface area contributed by atoms with Gasteiger partial charge in [-0.25, -0.2) is 8.42 Å². The molecule has 0 aliphatic carbocycles. The summed E-state index contributed by atoms with van der Waals surface area (Å²) in [6.45, 7) is 8.00. The summed E-state index contributed by atoms with van der Waals surface area (Å²) >= 11 is 0. The van der Waals surface area contributed by atoms with Crippen LogP contribution in [-0.4, -0.2) is 57.6 Å². The summed E-state index contributed by atoms with van der Waals surface area (Å²) in [7, 11) is -2.39. The average molecular weight is 504 g/mol. The Hall–Kier alpha value is -3.07. The molecule has 0 unspecified atom stereocenters. The Morgan fingerprint density at radius 1 is 1.06 bits per heavy atom. The normalized spacial score (nSPS) is 12.2. The molecule has 2 rings (SSSR count). The van der Waals surface area contributed by atoms with E-state index in [2.05, 4.69) is 5.32 Å². The zero-order valence-electron chi connectivity index (χ0n) is 21.4. The number of ether oxygens (including phenoxy) is 1. The van der Waals surface area contributed by atoms with Crippen molar-refractivity contribution in [2.24, 2.45) is 5.92 Å². The van der Waals surface area contributed by atoms with Crippen LogP contribution in [0.15, 0.2) is 48.5 Å². The van der Waals surface area contributed by atoms with Crippen LogP contribution in [0.1, 0.15) is 38.3 Å². The molecule has 0 radical (unpaired) electrons. The maximum Gasteiger partial charge on any atom is 0.244 e. The molecule has 8 nitrogen and oxygen atoms in total. The van der Waals surface area contributed by atoms with Gasteiger partial charge < -0.3 is 15.0 Å². The van der Waals surface area contributed by atoms with Crippen molar-refractivity contribution in [1.29, 1.82) is 0 Å². The van der Waals surface area contributed by atoms with Gasteiger partial charge in [-0.3, -0.25) is 13.9 Å². The lowest BCUT2D eigenvalue weighted by atomic mass is 10.1. The number of anilines is 1. The fourth-order valence-corrected chi connectivity index (χ4v) is 4.52. The van der Waals surface area contributed by atoms with Crippen molar-refractivity contribution in [2.75, 3.05) is 30.8 Å². The standard InChI is InChI=1S/C26H37N3O5S/c1-7-22(26(31)27-16-19(2)3)28(17-21-14-12-20(4)13-15-21)25(30)18-29(35(6,32)33)23-10-8-9-11-24(23)34-5/h8-15,19,22H,7,16-18H2,1-6H3,(H,27,31)/t22-/m1/s1. The van der Waals surface area contributed by atoms with Crippen molar-refractivity contribution in [2.45, 2.75) is 46.7 Å². The molecule has 0 saturated carbocycles. The van der Waals surface area contributed by atoms with E-state index >= 15 is 0 Å². The Bertz CT molecular complexity index is 1100. The first kappa shape index (κ1) is 28.2. The second kappa shape index (κ2) is 12.6. The third kappa shape index (κ3) is 7.99. The topological polar surface area (TPSA) is 96.0 Å². The second-order valence-electron chi connectivity index (χ2n) is 9.01. The molecule has 0 heterocycles. The van der Waals surface area contributed by atoms with Gasteiger partial charge in [0, 0.05) is 13.1 Å². The summed E-state index contributed by atoms with van der Waals surface area (Å²) in [5, 5.41) is 2.91. The van der Waals surface area contributed by atoms with Gasteiger partial charge in [0.1, 0.15) is 18.3 Å². The number of carbonyl (C=O) groups is 2. The van der Waals surface area contributed by atoms with Crippen LogP contribution in [0.5, 0.6) is 5.75 Å². The minimum atomic E-state index is -3.83. The van der Waals surface area contributed by atoms with E-state index in [1.165, 1.54) is 12.0 Å². The summed E-state index contributed by atoms with van der Waals surface area (Å²) in [4.78, 5) is 28.2. The fraction of sp³-hybridized carbons (Fsp3) is 0.462. The van der Waals surface area contributed by atoms with E-state index in [4.69, 9.17) is 4.74 Å². The highest BCUT2D eigenvalue weighted by Gasteiger charge is 2.32. The van der Waals surface area contributed by atoms with Gasteiger partial charge in [0.2, 0.25) is 21.8 Å². The predicted octanol–water partition coefficient (Wildman–Crippen LogP) is 3.35. The second-order valence-corrected chi connectivity index (χ2v) is 10.9. The number of nitrogens with zero attached hydrogens (tertiary/aromatic N) is 2. The van der Waals surface area contributed by atoms with Gasteiger partial charge in [0.05, 0.1) is 19.1 Å². The first-order valence-electron chi connectivity index (χ1n) is 11.7. The van der Waals surface area contributed by atoms with Crippen molar-refractivity contribution in [3.05, 3.63) is 59.7 Å². The minimum absolute atomic E-state index is 0.177. The number of para-hydroxylation sites is 2. The monoisotopic (exact) mass is 503 g/mol. The summed E-state index contributed by atoms with van der Waals surface area (Å²) < 4.78 is 31.8. The molecule has 2 amide bonds. The third-order valence-electron chi connectivity index (χ3n) is 5.58. The highest BCUT2D eigenvalue weighted by Crippen LogP contribution is 2.29. The lowest BCUT2D eigenvalue weighted by Gasteiger charge is -2.33. The zero-order valence-corrected chi connectivity index (χ0v) is 22.3. The Morgan fingerprint density at radius 2 is 1.69 bits per heavy atom. The van der Waals surface area contributed by atoms with Gasteiger partial charge >= 0.3 is 0 Å². The fourth-order valence-electron chi connectivity index (χ4n) is 3.66. The summed E-state index contributed by atoms with van der Waals surface area (Å²) in [6.07, 6.45) is 1.43. The van der Waals surface area contributed by atoms with E-state index in [9.17, 15) is 18.0 Å². The van der Waals surface area contributed by atoms with Gasteiger partial charge in [-0.15, -0.1) is 0 Å². The number of rotatable bonds is 12. The summed E-state index contributed by atoms with van der Waals surface area (Å²) in [6, 6.07) is 13.6. The molecule has 192 valence electrons. The number of methoxy groups -OCH3 is 1. The molecule has 0 aromatic heterocycles. The molecular weight excluding hydrogens is 466 g/mol. The molecule has 0 aliphatic rings. The van der Waals surface area contributed by atoms with Crippen LogP contribution >= 0.6 is 0 Å². The van der Waals surface area contributed by atoms with Gasteiger partial charge in [-0.1, -0.05) is 62.7 Å². The number of carbonyl (C=O) groups excluding carboxylic acids is 2. The first-order chi connectivity index (χ1) is 16.5. The number of aryl methyl sites for hydroxylation is 1. The van der Waals surface area contributed by atoms with Crippen molar-refractivity contribution in [3.8, 4) is 5.75 Å². The van der Waals surface area contributed by atoms with Gasteiger partial charge in [-0.2, -0.15) is 0 Å². The molecule has 0 aliphatic heterocycles. The Kier molecular flexibility index (Phi) is 10.1. The molecule has 0 spiro atoms. The molecule has 1 N–H and O–H groups in total. The number of nitrogens with one attached hydrogen (secondary N) is 1. The van der Waals surface area contributed by atoms with Crippen LogP contribution < -0.4 is 14.4 Å². The summed E-state index contributed by atoms with van der Waals surface area (Å²) in [5.74, 6) is -0.153. The largest absolute Gasteiger partial charge is 0.495 e. The molecule has 2 aromatic carbocycles. The molecule has 0 saturated heterocycles. The first-order valence-corrected chi connectivity index (χ1v) is 13.6. The number of sulfonamides is 1. The minimum Gasteiger partial charge on any atom is -0.495 e. The van der Waals surface area contributed by atoms with E-state index in [1.54, 1.807) is 24.3 Å². The molecule has 9 heteroatoms. The predicted molar refractivity (Wildman–Crippen MR) is 139 cm³/mol. The molecule has 0 bridgehead atoms. The molecule has 2 aromatic rings. The lowest BCUT2D eigenvalue weighted by molar-refractivity contribution is -0.140. The Morgan fingerprint density at radius 3 is 2.23 bits per heavy atom. The van der Waals surface area contributed by atoms with Gasteiger partial charge in [0.25, 0.3) is 0 Å². The third-order valence-corrected chi connectivity index (χ3v) is 6.70. The smallest absolute Gasteiger partial charge is 0.244 e. The quantitative estimate of drug-likeness (QED) is 0.479. The maximum absolute atomic E-state index is 13.7. The highest BCUT2D eigenvalue weighted by molar-refractivity contribution is 7.92. The van der Waals surface area contributed by atoms with Crippen molar-refractivity contribution in [1.82, 2.24) is 10.2 Å².